The van der Waals surface area contributed by atoms with E-state index >= 15 is 0 Å². The minimum absolute atomic E-state index is 0.961. The molecule has 56 heavy (non-hydrogen) atoms. The molecular formula is C54H58N2. The Morgan fingerprint density at radius 1 is 0.500 bits per heavy atom. The molecule has 9 rings (SSSR count). The highest BCUT2D eigenvalue weighted by molar-refractivity contribution is 6.28. The summed E-state index contributed by atoms with van der Waals surface area (Å²) in [6.45, 7) is 10.5. The van der Waals surface area contributed by atoms with Crippen molar-refractivity contribution in [3.63, 3.8) is 0 Å². The Bertz CT molecular complexity index is 2490. The molecule has 0 saturated carbocycles. The van der Waals surface area contributed by atoms with Gasteiger partial charge in [0, 0.05) is 0 Å². The van der Waals surface area contributed by atoms with Crippen LogP contribution in [0, 0.1) is 13.8 Å². The van der Waals surface area contributed by atoms with Crippen molar-refractivity contribution in [1.29, 1.82) is 0 Å². The Morgan fingerprint density at radius 2 is 1.09 bits per heavy atom. The molecule has 0 aromatic heterocycles. The van der Waals surface area contributed by atoms with Crippen molar-refractivity contribution in [2.45, 2.75) is 66.7 Å². The molecule has 0 fully saturated rings. The molecule has 8 aromatic carbocycles. The van der Waals surface area contributed by atoms with Crippen LogP contribution in [0.25, 0.3) is 48.7 Å². The number of allylic oxidation sites excluding steroid dienone is 4. The van der Waals surface area contributed by atoms with Gasteiger partial charge in [0.25, 0.3) is 0 Å². The Labute approximate surface area is 335 Å². The summed E-state index contributed by atoms with van der Waals surface area (Å²) in [6, 6.07) is 57.1. The van der Waals surface area contributed by atoms with Gasteiger partial charge in [0.1, 0.15) is 0 Å². The first-order chi connectivity index (χ1) is 27.6. The maximum atomic E-state index is 4.00. The quantitative estimate of drug-likeness (QED) is 0.0800. The normalized spacial score (nSPS) is 11.6. The van der Waals surface area contributed by atoms with Crippen molar-refractivity contribution in [1.82, 2.24) is 0 Å². The van der Waals surface area contributed by atoms with Crippen LogP contribution in [0.5, 0.6) is 0 Å². The molecule has 8 aromatic rings. The predicted octanol–water partition coefficient (Wildman–Crippen LogP) is 14.4. The van der Waals surface area contributed by atoms with E-state index in [9.17, 15) is 0 Å². The van der Waals surface area contributed by atoms with Crippen LogP contribution in [0.4, 0.5) is 0 Å². The summed E-state index contributed by atoms with van der Waals surface area (Å²) in [4.78, 5) is 0. The lowest BCUT2D eigenvalue weighted by molar-refractivity contribution is 0.937. The number of aryl methyl sites for hydroxylation is 3. The van der Waals surface area contributed by atoms with Gasteiger partial charge in [-0.3, -0.25) is 11.7 Å². The van der Waals surface area contributed by atoms with E-state index in [4.69, 9.17) is 0 Å². The third kappa shape index (κ3) is 10.3. The van der Waals surface area contributed by atoms with E-state index < -0.39 is 0 Å². The summed E-state index contributed by atoms with van der Waals surface area (Å²) in [5.74, 6) is 8.00. The molecule has 0 radical (unpaired) electrons. The Hall–Kier alpha value is -5.80. The first kappa shape index (κ1) is 41.4. The summed E-state index contributed by atoms with van der Waals surface area (Å²) in [5.41, 5.74) is 9.56. The van der Waals surface area contributed by atoms with E-state index in [1.54, 1.807) is 0 Å². The summed E-state index contributed by atoms with van der Waals surface area (Å²) in [5, 5.41) is 11.0. The summed E-state index contributed by atoms with van der Waals surface area (Å²) < 4.78 is 0. The fourth-order valence-electron chi connectivity index (χ4n) is 7.49. The van der Waals surface area contributed by atoms with Gasteiger partial charge in [0.05, 0.1) is 0 Å². The molecule has 0 spiro atoms. The van der Waals surface area contributed by atoms with Crippen LogP contribution in [-0.2, 0) is 12.8 Å². The average molecular weight is 735 g/mol. The van der Waals surface area contributed by atoms with Crippen LogP contribution in [0.1, 0.15) is 73.4 Å². The van der Waals surface area contributed by atoms with E-state index in [-0.39, 0.29) is 0 Å². The lowest BCUT2D eigenvalue weighted by Crippen LogP contribution is -2.02. The Balaban J connectivity index is 0.000000205. The number of nitrogens with two attached hydrogens (primary N) is 2. The number of hydrogen-bond acceptors (Lipinski definition) is 2. The summed E-state index contributed by atoms with van der Waals surface area (Å²) in [6.07, 6.45) is 12.3. The molecule has 0 bridgehead atoms. The van der Waals surface area contributed by atoms with Crippen molar-refractivity contribution in [3.05, 3.63) is 209 Å². The fourth-order valence-corrected chi connectivity index (χ4v) is 7.49. The van der Waals surface area contributed by atoms with E-state index in [2.05, 4.69) is 190 Å². The standard InChI is InChI=1S/C32H26.C13H14.C7H8.C2H6.H4N2/c1-2-10-28-25-14-7-6-13-24(25)21-31-27-16-9-8-15-26(27)30-20-23(17-18-29(30)32(28)31)19-22-11-4-3-5-12-22;1-11-7-9-13(10-8-11)12-5-3-2-4-6-12;1-7-5-3-2-4-6-7;2*1-2/h3-9,11-18,20-21H,2,10,19H2,1H3;3,5-10H,2,4H2,1H3;2-6H,1H3;1-2H3;1-2H2. The molecule has 0 heterocycles. The fraction of sp³-hybridized carbons (Fsp3) is 0.185. The number of hydrogen-bond donors (Lipinski definition) is 2. The SMILES string of the molecule is CC.CCCc1c2ccccc2cc2c3ccccc3c3cc(Cc4ccccc4)ccc3c12.Cc1ccc(C2=CCCC=C2)cc1.Cc1ccccc1.NN. The molecule has 2 heteroatoms. The van der Waals surface area contributed by atoms with Gasteiger partial charge in [-0.2, -0.15) is 0 Å². The van der Waals surface area contributed by atoms with Crippen LogP contribution in [0.3, 0.4) is 0 Å². The minimum atomic E-state index is 0.961. The monoisotopic (exact) mass is 734 g/mol. The molecule has 0 amide bonds. The van der Waals surface area contributed by atoms with Crippen LogP contribution in [-0.4, -0.2) is 0 Å². The number of rotatable bonds is 5. The smallest absolute Gasteiger partial charge is 0.00255 e. The topological polar surface area (TPSA) is 52.0 Å². The second-order valence-corrected chi connectivity index (χ2v) is 14.0. The van der Waals surface area contributed by atoms with Gasteiger partial charge in [-0.1, -0.05) is 208 Å². The maximum Gasteiger partial charge on any atom is -0.00255 e. The average Bonchev–Trinajstić information content (AvgIpc) is 3.27. The number of benzene rings is 8. The lowest BCUT2D eigenvalue weighted by Gasteiger charge is -2.17. The molecule has 4 N–H and O–H groups in total. The molecule has 0 atom stereocenters. The molecule has 0 unspecified atom stereocenters. The second-order valence-electron chi connectivity index (χ2n) is 14.0. The van der Waals surface area contributed by atoms with Crippen molar-refractivity contribution in [2.75, 3.05) is 0 Å². The highest BCUT2D eigenvalue weighted by Crippen LogP contribution is 2.41. The molecule has 284 valence electrons. The first-order valence-corrected chi connectivity index (χ1v) is 20.2. The van der Waals surface area contributed by atoms with Crippen LogP contribution in [0.15, 0.2) is 176 Å². The van der Waals surface area contributed by atoms with E-state index in [0.29, 0.717) is 0 Å². The summed E-state index contributed by atoms with van der Waals surface area (Å²) >= 11 is 0. The van der Waals surface area contributed by atoms with E-state index in [0.717, 1.165) is 19.3 Å². The molecule has 1 aliphatic rings. The highest BCUT2D eigenvalue weighted by Gasteiger charge is 2.15. The minimum Gasteiger partial charge on any atom is -0.274 e. The molecule has 0 saturated heterocycles. The zero-order valence-electron chi connectivity index (χ0n) is 33.9. The van der Waals surface area contributed by atoms with Crippen molar-refractivity contribution < 1.29 is 0 Å². The molecule has 1 aliphatic carbocycles. The van der Waals surface area contributed by atoms with Crippen molar-refractivity contribution >= 4 is 48.7 Å². The lowest BCUT2D eigenvalue weighted by atomic mass is 9.86. The van der Waals surface area contributed by atoms with Gasteiger partial charge in [-0.05, 0) is 117 Å². The maximum absolute atomic E-state index is 4.00. The third-order valence-corrected chi connectivity index (χ3v) is 10.1. The Morgan fingerprint density at radius 3 is 1.70 bits per heavy atom. The van der Waals surface area contributed by atoms with E-state index in [1.807, 2.05) is 32.0 Å². The van der Waals surface area contributed by atoms with Gasteiger partial charge < -0.3 is 0 Å². The van der Waals surface area contributed by atoms with Gasteiger partial charge in [0.2, 0.25) is 0 Å². The van der Waals surface area contributed by atoms with Crippen LogP contribution >= 0.6 is 0 Å². The predicted molar refractivity (Wildman–Crippen MR) is 248 cm³/mol. The summed E-state index contributed by atoms with van der Waals surface area (Å²) in [7, 11) is 0. The second kappa shape index (κ2) is 21.3. The van der Waals surface area contributed by atoms with Gasteiger partial charge in [0.15, 0.2) is 0 Å². The zero-order valence-corrected chi connectivity index (χ0v) is 33.9. The van der Waals surface area contributed by atoms with E-state index in [1.165, 1.54) is 94.9 Å². The highest BCUT2D eigenvalue weighted by atomic mass is 15.0. The molecular weight excluding hydrogens is 677 g/mol. The largest absolute Gasteiger partial charge is 0.274 e. The van der Waals surface area contributed by atoms with Gasteiger partial charge in [-0.25, -0.2) is 0 Å². The molecule has 0 aliphatic heterocycles. The van der Waals surface area contributed by atoms with Gasteiger partial charge >= 0.3 is 0 Å². The third-order valence-electron chi connectivity index (χ3n) is 10.1. The van der Waals surface area contributed by atoms with Crippen molar-refractivity contribution in [3.8, 4) is 0 Å². The van der Waals surface area contributed by atoms with Crippen LogP contribution in [0.2, 0.25) is 0 Å². The number of fused-ring (bicyclic) bond motifs is 7. The Kier molecular flexibility index (Phi) is 15.8. The number of hydrazine groups is 1. The zero-order chi connectivity index (χ0) is 39.7. The first-order valence-electron chi connectivity index (χ1n) is 20.2. The van der Waals surface area contributed by atoms with Crippen LogP contribution < -0.4 is 11.7 Å². The molecule has 2 nitrogen and oxygen atoms in total. The van der Waals surface area contributed by atoms with Crippen molar-refractivity contribution in [2.24, 2.45) is 11.7 Å². The van der Waals surface area contributed by atoms with Gasteiger partial charge in [-0.15, -0.1) is 0 Å².